The van der Waals surface area contributed by atoms with Crippen molar-refractivity contribution >= 4 is 27.8 Å². The summed E-state index contributed by atoms with van der Waals surface area (Å²) in [6.45, 7) is 4.84. The van der Waals surface area contributed by atoms with Gasteiger partial charge >= 0.3 is 0 Å². The molecule has 0 amide bonds. The molecule has 1 spiro atoms. The Morgan fingerprint density at radius 2 is 0.605 bits per heavy atom. The van der Waals surface area contributed by atoms with E-state index in [4.69, 9.17) is 0 Å². The van der Waals surface area contributed by atoms with E-state index in [1.54, 1.807) is 0 Å². The second-order valence-electron chi connectivity index (χ2n) is 21.9. The summed E-state index contributed by atoms with van der Waals surface area (Å²) in [6.07, 6.45) is 0. The lowest BCUT2D eigenvalue weighted by atomic mass is 9.67. The predicted molar refractivity (Wildman–Crippen MR) is 315 cm³/mol. The quantitative estimate of drug-likeness (QED) is 0.161. The van der Waals surface area contributed by atoms with Crippen molar-refractivity contribution in [2.45, 2.75) is 30.1 Å². The van der Waals surface area contributed by atoms with Crippen LogP contribution in [0.1, 0.15) is 69.5 Å². The minimum atomic E-state index is -0.555. The fraction of sp³-hybridized carbons (Fsp3) is 0.0667. The van der Waals surface area contributed by atoms with Crippen molar-refractivity contribution in [3.05, 3.63) is 329 Å². The maximum Gasteiger partial charge on any atom is 0.0726 e. The van der Waals surface area contributed by atoms with Crippen molar-refractivity contribution in [3.8, 4) is 55.6 Å². The van der Waals surface area contributed by atoms with Crippen LogP contribution in [0.2, 0.25) is 0 Å². The van der Waals surface area contributed by atoms with Gasteiger partial charge in [-0.3, -0.25) is 0 Å². The number of hydrogen-bond acceptors (Lipinski definition) is 1. The Morgan fingerprint density at radius 1 is 0.250 bits per heavy atom. The molecule has 0 heterocycles. The summed E-state index contributed by atoms with van der Waals surface area (Å²) in [5.74, 6) is 0. The number of hydrogen-bond donors (Lipinski definition) is 0. The molecule has 0 saturated carbocycles. The molecule has 12 aromatic rings. The lowest BCUT2D eigenvalue weighted by molar-refractivity contribution is 0.660. The van der Waals surface area contributed by atoms with Gasteiger partial charge in [0.25, 0.3) is 0 Å². The van der Waals surface area contributed by atoms with Crippen LogP contribution in [-0.4, -0.2) is 0 Å². The van der Waals surface area contributed by atoms with Crippen LogP contribution in [-0.2, 0) is 16.2 Å². The molecule has 0 aliphatic heterocycles. The summed E-state index contributed by atoms with van der Waals surface area (Å²) in [7, 11) is 0. The largest absolute Gasteiger partial charge is 0.310 e. The Labute approximate surface area is 444 Å². The van der Waals surface area contributed by atoms with Gasteiger partial charge < -0.3 is 4.90 Å². The highest BCUT2D eigenvalue weighted by Gasteiger charge is 2.52. The summed E-state index contributed by atoms with van der Waals surface area (Å²) in [6, 6.07) is 103. The van der Waals surface area contributed by atoms with Gasteiger partial charge in [-0.15, -0.1) is 0 Å². The van der Waals surface area contributed by atoms with E-state index in [1.807, 2.05) is 0 Å². The van der Waals surface area contributed by atoms with Crippen molar-refractivity contribution in [2.75, 3.05) is 4.90 Å². The van der Waals surface area contributed by atoms with Crippen LogP contribution in [0.4, 0.5) is 17.1 Å². The van der Waals surface area contributed by atoms with Crippen molar-refractivity contribution in [1.29, 1.82) is 0 Å². The van der Waals surface area contributed by atoms with Gasteiger partial charge in [0.05, 0.1) is 10.8 Å². The van der Waals surface area contributed by atoms with Gasteiger partial charge in [-0.25, -0.2) is 0 Å². The zero-order chi connectivity index (χ0) is 50.3. The van der Waals surface area contributed by atoms with Gasteiger partial charge in [-0.05, 0) is 165 Å². The number of rotatable bonds is 6. The SMILES string of the molecule is CC1(C)c2cc(-c3cccc4ccccc34)ccc2-c2ccc(N(c3ccc4c(c3)C(c3ccccc3)(c3ccccc3)c3ccccc3-4)c3ccc4c(c3)C3(c5ccccc5-c5ccccc53)c3ccccc3-4)cc21. The first kappa shape index (κ1) is 43.1. The van der Waals surface area contributed by atoms with E-state index in [-0.39, 0.29) is 5.41 Å². The molecule has 0 bridgehead atoms. The maximum absolute atomic E-state index is 2.56. The lowest BCUT2D eigenvalue weighted by Crippen LogP contribution is -2.28. The van der Waals surface area contributed by atoms with E-state index >= 15 is 0 Å². The van der Waals surface area contributed by atoms with E-state index in [9.17, 15) is 0 Å². The Bertz CT molecular complexity index is 4170. The fourth-order valence-electron chi connectivity index (χ4n) is 14.7. The first-order chi connectivity index (χ1) is 37.5. The molecule has 0 unspecified atom stereocenters. The fourth-order valence-corrected chi connectivity index (χ4v) is 14.7. The molecule has 1 heteroatoms. The van der Waals surface area contributed by atoms with Gasteiger partial charge in [0.15, 0.2) is 0 Å². The molecule has 12 aromatic carbocycles. The van der Waals surface area contributed by atoms with Crippen LogP contribution in [0.5, 0.6) is 0 Å². The van der Waals surface area contributed by atoms with Gasteiger partial charge in [-0.1, -0.05) is 244 Å². The number of benzene rings is 12. The van der Waals surface area contributed by atoms with Gasteiger partial charge in [0.2, 0.25) is 0 Å². The third-order valence-electron chi connectivity index (χ3n) is 18.0. The molecular formula is C75H51N. The van der Waals surface area contributed by atoms with E-state index in [2.05, 4.69) is 292 Å². The summed E-state index contributed by atoms with van der Waals surface area (Å²) in [4.78, 5) is 2.56. The molecule has 4 aliphatic rings. The average Bonchev–Trinajstić information content (AvgIpc) is 4.14. The van der Waals surface area contributed by atoms with E-state index < -0.39 is 10.8 Å². The molecule has 0 N–H and O–H groups in total. The second kappa shape index (κ2) is 15.9. The predicted octanol–water partition coefficient (Wildman–Crippen LogP) is 19.0. The minimum Gasteiger partial charge on any atom is -0.310 e. The van der Waals surface area contributed by atoms with Crippen molar-refractivity contribution in [2.24, 2.45) is 0 Å². The van der Waals surface area contributed by atoms with Crippen molar-refractivity contribution in [1.82, 2.24) is 0 Å². The smallest absolute Gasteiger partial charge is 0.0726 e. The third-order valence-corrected chi connectivity index (χ3v) is 18.0. The van der Waals surface area contributed by atoms with Crippen molar-refractivity contribution < 1.29 is 0 Å². The Kier molecular flexibility index (Phi) is 9.00. The maximum atomic E-state index is 2.56. The average molecular weight is 966 g/mol. The molecule has 16 rings (SSSR count). The van der Waals surface area contributed by atoms with E-state index in [0.717, 1.165) is 17.1 Å². The van der Waals surface area contributed by atoms with E-state index in [1.165, 1.54) is 122 Å². The zero-order valence-electron chi connectivity index (χ0n) is 42.4. The van der Waals surface area contributed by atoms with Crippen LogP contribution in [0, 0.1) is 0 Å². The topological polar surface area (TPSA) is 3.24 Å². The molecule has 1 nitrogen and oxygen atoms in total. The molecule has 0 aromatic heterocycles. The number of nitrogens with zero attached hydrogens (tertiary/aromatic N) is 1. The highest BCUT2D eigenvalue weighted by atomic mass is 15.1. The van der Waals surface area contributed by atoms with E-state index in [0.29, 0.717) is 0 Å². The molecule has 0 atom stereocenters. The summed E-state index contributed by atoms with van der Waals surface area (Å²) >= 11 is 0. The van der Waals surface area contributed by atoms with Crippen LogP contribution >= 0.6 is 0 Å². The third kappa shape index (κ3) is 5.64. The monoisotopic (exact) mass is 965 g/mol. The number of fused-ring (bicyclic) bond motifs is 17. The Hall–Kier alpha value is -9.30. The second-order valence-corrected chi connectivity index (χ2v) is 21.9. The number of anilines is 3. The van der Waals surface area contributed by atoms with Gasteiger partial charge in [0.1, 0.15) is 0 Å². The van der Waals surface area contributed by atoms with Gasteiger partial charge in [-0.2, -0.15) is 0 Å². The Balaban J connectivity index is 0.941. The minimum absolute atomic E-state index is 0.275. The molecule has 0 saturated heterocycles. The lowest BCUT2D eigenvalue weighted by Gasteiger charge is -2.35. The Morgan fingerprint density at radius 3 is 1.13 bits per heavy atom. The first-order valence-corrected chi connectivity index (χ1v) is 26.8. The highest BCUT2D eigenvalue weighted by molar-refractivity contribution is 6.00. The molecule has 0 radical (unpaired) electrons. The summed E-state index contributed by atoms with van der Waals surface area (Å²) in [5.41, 5.74) is 28.1. The normalized spacial score (nSPS) is 14.8. The summed E-state index contributed by atoms with van der Waals surface area (Å²) < 4.78 is 0. The molecule has 0 fully saturated rings. The molecular weight excluding hydrogens is 915 g/mol. The molecule has 76 heavy (non-hydrogen) atoms. The first-order valence-electron chi connectivity index (χ1n) is 26.8. The standard InChI is InChI=1S/C75H51N/c1-73(2)69-44-49(56-31-19-21-48-20-9-10-26-55(48)56)36-40-61(69)62-41-37-52(45-70(62)73)76(53-38-42-63-59-29-11-15-32-65(59)74(71(63)46-53,50-22-5-3-6-23-50)51-24-7-4-8-25-51)54-39-43-64-60-30-14-18-35-68(60)75(72(64)47-54)66-33-16-12-27-57(66)58-28-13-17-34-67(58)75/h3-47H,1-2H3. The van der Waals surface area contributed by atoms with Crippen LogP contribution < -0.4 is 4.90 Å². The van der Waals surface area contributed by atoms with Crippen LogP contribution in [0.25, 0.3) is 66.4 Å². The van der Waals surface area contributed by atoms with Gasteiger partial charge in [0, 0.05) is 22.5 Å². The molecule has 4 aliphatic carbocycles. The summed E-state index contributed by atoms with van der Waals surface area (Å²) in [5, 5.41) is 2.54. The van der Waals surface area contributed by atoms with Crippen LogP contribution in [0.15, 0.2) is 273 Å². The highest BCUT2D eigenvalue weighted by Crippen LogP contribution is 2.64. The zero-order valence-corrected chi connectivity index (χ0v) is 42.4. The van der Waals surface area contributed by atoms with Crippen LogP contribution in [0.3, 0.4) is 0 Å². The molecule has 356 valence electrons. The van der Waals surface area contributed by atoms with Crippen molar-refractivity contribution in [3.63, 3.8) is 0 Å².